The lowest BCUT2D eigenvalue weighted by atomic mass is 9.96. The zero-order valence-corrected chi connectivity index (χ0v) is 15.7. The van der Waals surface area contributed by atoms with E-state index in [2.05, 4.69) is 27.7 Å². The Morgan fingerprint density at radius 3 is 3.04 bits per heavy atom. The fourth-order valence-corrected chi connectivity index (χ4v) is 4.56. The largest absolute Gasteiger partial charge is 0.337 e. The normalized spacial score (nSPS) is 20.8. The SMILES string of the molecule is CCCc1nc(C(=O)N2CCC[C@H](c3nccn3CC3CC3)C2)cs1. The number of piperidine rings is 1. The van der Waals surface area contributed by atoms with Crippen molar-refractivity contribution in [2.24, 2.45) is 5.92 Å². The molecule has 1 aliphatic heterocycles. The lowest BCUT2D eigenvalue weighted by Gasteiger charge is -2.32. The number of carbonyl (C=O) groups is 1. The Labute approximate surface area is 153 Å². The zero-order chi connectivity index (χ0) is 17.2. The Morgan fingerprint density at radius 2 is 2.24 bits per heavy atom. The summed E-state index contributed by atoms with van der Waals surface area (Å²) in [7, 11) is 0. The molecule has 0 radical (unpaired) electrons. The van der Waals surface area contributed by atoms with Gasteiger partial charge in [-0.2, -0.15) is 0 Å². The number of nitrogens with zero attached hydrogens (tertiary/aromatic N) is 4. The average molecular weight is 359 g/mol. The van der Waals surface area contributed by atoms with Gasteiger partial charge in [-0.05, 0) is 44.4 Å². The molecule has 2 fully saturated rings. The summed E-state index contributed by atoms with van der Waals surface area (Å²) < 4.78 is 2.32. The van der Waals surface area contributed by atoms with Gasteiger partial charge >= 0.3 is 0 Å². The van der Waals surface area contributed by atoms with E-state index < -0.39 is 0 Å². The van der Waals surface area contributed by atoms with Crippen molar-refractivity contribution in [1.82, 2.24) is 19.4 Å². The molecule has 1 atom stereocenters. The third-order valence-electron chi connectivity index (χ3n) is 5.21. The van der Waals surface area contributed by atoms with Crippen LogP contribution in [0.3, 0.4) is 0 Å². The first-order chi connectivity index (χ1) is 12.2. The highest BCUT2D eigenvalue weighted by molar-refractivity contribution is 7.09. The third kappa shape index (κ3) is 3.78. The number of thiazole rings is 1. The molecule has 2 aliphatic rings. The van der Waals surface area contributed by atoms with Gasteiger partial charge in [-0.1, -0.05) is 6.92 Å². The second kappa shape index (κ2) is 7.28. The van der Waals surface area contributed by atoms with Gasteiger partial charge in [0.1, 0.15) is 11.5 Å². The van der Waals surface area contributed by atoms with Gasteiger partial charge in [0.2, 0.25) is 0 Å². The fourth-order valence-electron chi connectivity index (χ4n) is 3.69. The van der Waals surface area contributed by atoms with E-state index in [-0.39, 0.29) is 5.91 Å². The quantitative estimate of drug-likeness (QED) is 0.791. The van der Waals surface area contributed by atoms with Crippen molar-refractivity contribution in [2.75, 3.05) is 13.1 Å². The molecule has 1 amide bonds. The average Bonchev–Trinajstić information content (AvgIpc) is 3.12. The van der Waals surface area contributed by atoms with Crippen LogP contribution < -0.4 is 0 Å². The first-order valence-corrected chi connectivity index (χ1v) is 10.4. The molecule has 5 nitrogen and oxygen atoms in total. The molecule has 1 aliphatic carbocycles. The van der Waals surface area contributed by atoms with Gasteiger partial charge in [0.25, 0.3) is 5.91 Å². The Bertz CT molecular complexity index is 733. The fraction of sp³-hybridized carbons (Fsp3) is 0.632. The van der Waals surface area contributed by atoms with Gasteiger partial charge in [-0.3, -0.25) is 4.79 Å². The van der Waals surface area contributed by atoms with Crippen LogP contribution in [0.15, 0.2) is 17.8 Å². The molecule has 2 aromatic heterocycles. The lowest BCUT2D eigenvalue weighted by Crippen LogP contribution is -2.40. The highest BCUT2D eigenvalue weighted by Gasteiger charge is 2.30. The monoisotopic (exact) mass is 358 g/mol. The molecule has 1 saturated carbocycles. The standard InChI is InChI=1S/C19H26N4OS/c1-2-4-17-21-16(13-25-17)19(24)23-9-3-5-15(12-23)18-20-8-10-22(18)11-14-6-7-14/h8,10,13-15H,2-7,9,11-12H2,1H3/t15-/m0/s1. The molecule has 0 aromatic carbocycles. The van der Waals surface area contributed by atoms with E-state index in [1.54, 1.807) is 11.3 Å². The Hall–Kier alpha value is -1.69. The van der Waals surface area contributed by atoms with E-state index in [4.69, 9.17) is 0 Å². The summed E-state index contributed by atoms with van der Waals surface area (Å²) in [5, 5.41) is 2.99. The summed E-state index contributed by atoms with van der Waals surface area (Å²) in [5.74, 6) is 2.43. The van der Waals surface area contributed by atoms with Crippen LogP contribution in [0, 0.1) is 5.92 Å². The maximum Gasteiger partial charge on any atom is 0.273 e. The predicted octanol–water partition coefficient (Wildman–Crippen LogP) is 3.72. The number of amides is 1. The predicted molar refractivity (Wildman–Crippen MR) is 98.9 cm³/mol. The molecule has 134 valence electrons. The van der Waals surface area contributed by atoms with Crippen molar-refractivity contribution in [3.63, 3.8) is 0 Å². The van der Waals surface area contributed by atoms with Crippen molar-refractivity contribution < 1.29 is 4.79 Å². The van der Waals surface area contributed by atoms with Crippen molar-refractivity contribution >= 4 is 17.2 Å². The molecule has 3 heterocycles. The van der Waals surface area contributed by atoms with Crippen LogP contribution in [0.25, 0.3) is 0 Å². The summed E-state index contributed by atoms with van der Waals surface area (Å²) in [5.41, 5.74) is 0.621. The highest BCUT2D eigenvalue weighted by Crippen LogP contribution is 2.33. The second-order valence-corrected chi connectivity index (χ2v) is 8.29. The van der Waals surface area contributed by atoms with E-state index in [1.165, 1.54) is 12.8 Å². The van der Waals surface area contributed by atoms with Crippen molar-refractivity contribution in [3.8, 4) is 0 Å². The zero-order valence-electron chi connectivity index (χ0n) is 14.9. The number of hydrogen-bond donors (Lipinski definition) is 0. The van der Waals surface area contributed by atoms with Crippen LogP contribution in [-0.4, -0.2) is 38.4 Å². The van der Waals surface area contributed by atoms with E-state index in [1.807, 2.05) is 16.5 Å². The maximum absolute atomic E-state index is 12.8. The third-order valence-corrected chi connectivity index (χ3v) is 6.12. The number of aromatic nitrogens is 3. The minimum atomic E-state index is 0.0867. The number of imidazole rings is 1. The molecule has 0 spiro atoms. The molecular weight excluding hydrogens is 332 g/mol. The van der Waals surface area contributed by atoms with Crippen LogP contribution in [-0.2, 0) is 13.0 Å². The van der Waals surface area contributed by atoms with Gasteiger partial charge < -0.3 is 9.47 Å². The molecule has 2 aromatic rings. The number of carbonyl (C=O) groups excluding carboxylic acids is 1. The van der Waals surface area contributed by atoms with Crippen LogP contribution in [0.2, 0.25) is 0 Å². The van der Waals surface area contributed by atoms with Crippen molar-refractivity contribution in [1.29, 1.82) is 0 Å². The number of aryl methyl sites for hydroxylation is 1. The van der Waals surface area contributed by atoms with E-state index in [0.29, 0.717) is 11.6 Å². The summed E-state index contributed by atoms with van der Waals surface area (Å²) in [6, 6.07) is 0. The van der Waals surface area contributed by atoms with E-state index in [0.717, 1.165) is 62.1 Å². The number of rotatable bonds is 6. The molecule has 1 saturated heterocycles. The smallest absolute Gasteiger partial charge is 0.273 e. The topological polar surface area (TPSA) is 51.0 Å². The summed E-state index contributed by atoms with van der Waals surface area (Å²) in [6.07, 6.45) is 10.9. The number of likely N-dealkylation sites (tertiary alicyclic amines) is 1. The van der Waals surface area contributed by atoms with Crippen LogP contribution in [0.4, 0.5) is 0 Å². The molecule has 0 unspecified atom stereocenters. The Morgan fingerprint density at radius 1 is 1.36 bits per heavy atom. The van der Waals surface area contributed by atoms with Gasteiger partial charge in [0.05, 0.1) is 5.01 Å². The molecule has 4 rings (SSSR count). The first kappa shape index (κ1) is 16.8. The van der Waals surface area contributed by atoms with Gasteiger partial charge in [-0.25, -0.2) is 9.97 Å². The van der Waals surface area contributed by atoms with Crippen molar-refractivity contribution in [2.45, 2.75) is 57.9 Å². The molecule has 25 heavy (non-hydrogen) atoms. The van der Waals surface area contributed by atoms with Crippen molar-refractivity contribution in [3.05, 3.63) is 34.3 Å². The molecule has 0 N–H and O–H groups in total. The summed E-state index contributed by atoms with van der Waals surface area (Å²) >= 11 is 1.61. The molecular formula is C19H26N4OS. The van der Waals surface area contributed by atoms with Crippen LogP contribution in [0.5, 0.6) is 0 Å². The number of hydrogen-bond acceptors (Lipinski definition) is 4. The van der Waals surface area contributed by atoms with Gasteiger partial charge in [0, 0.05) is 43.3 Å². The first-order valence-electron chi connectivity index (χ1n) is 9.49. The summed E-state index contributed by atoms with van der Waals surface area (Å²) in [4.78, 5) is 24.0. The minimum Gasteiger partial charge on any atom is -0.337 e. The molecule has 6 heteroatoms. The Kier molecular flexibility index (Phi) is 4.88. The van der Waals surface area contributed by atoms with E-state index >= 15 is 0 Å². The van der Waals surface area contributed by atoms with Gasteiger partial charge in [0.15, 0.2) is 0 Å². The van der Waals surface area contributed by atoms with Crippen LogP contribution >= 0.6 is 11.3 Å². The highest BCUT2D eigenvalue weighted by atomic mass is 32.1. The maximum atomic E-state index is 12.8. The van der Waals surface area contributed by atoms with Crippen LogP contribution in [0.1, 0.15) is 66.3 Å². The Balaban J connectivity index is 1.45. The minimum absolute atomic E-state index is 0.0867. The van der Waals surface area contributed by atoms with Gasteiger partial charge in [-0.15, -0.1) is 11.3 Å². The summed E-state index contributed by atoms with van der Waals surface area (Å²) in [6.45, 7) is 4.83. The second-order valence-electron chi connectivity index (χ2n) is 7.35. The lowest BCUT2D eigenvalue weighted by molar-refractivity contribution is 0.0698. The van der Waals surface area contributed by atoms with E-state index in [9.17, 15) is 4.79 Å². The molecule has 0 bridgehead atoms.